The lowest BCUT2D eigenvalue weighted by atomic mass is 10.1. The van der Waals surface area contributed by atoms with Gasteiger partial charge < -0.3 is 4.90 Å². The molecular formula is C17H15N3S. The predicted molar refractivity (Wildman–Crippen MR) is 87.2 cm³/mol. The summed E-state index contributed by atoms with van der Waals surface area (Å²) >= 11 is 1.68. The second kappa shape index (κ2) is 5.65. The second-order valence-electron chi connectivity index (χ2n) is 5.26. The summed E-state index contributed by atoms with van der Waals surface area (Å²) in [4.78, 5) is 7.68. The number of nitrogens with zero attached hydrogens (tertiary/aromatic N) is 3. The van der Waals surface area contributed by atoms with Crippen molar-refractivity contribution in [3.8, 4) is 16.5 Å². The molecule has 21 heavy (non-hydrogen) atoms. The van der Waals surface area contributed by atoms with Crippen molar-refractivity contribution >= 4 is 21.6 Å². The first-order valence-corrected chi connectivity index (χ1v) is 7.51. The average Bonchev–Trinajstić information content (AvgIpc) is 2.90. The molecule has 104 valence electrons. The maximum absolute atomic E-state index is 8.93. The van der Waals surface area contributed by atoms with Gasteiger partial charge in [0, 0.05) is 17.6 Å². The Labute approximate surface area is 128 Å². The number of benzene rings is 1. The van der Waals surface area contributed by atoms with Crippen LogP contribution in [-0.2, 0) is 6.54 Å². The van der Waals surface area contributed by atoms with Crippen LogP contribution in [0.1, 0.15) is 11.1 Å². The van der Waals surface area contributed by atoms with E-state index in [1.807, 2.05) is 6.07 Å². The van der Waals surface area contributed by atoms with Crippen LogP contribution in [0.25, 0.3) is 20.7 Å². The molecule has 0 fully saturated rings. The van der Waals surface area contributed by atoms with Gasteiger partial charge in [0.05, 0.1) is 15.8 Å². The van der Waals surface area contributed by atoms with E-state index in [4.69, 9.17) is 5.26 Å². The van der Waals surface area contributed by atoms with Crippen LogP contribution < -0.4 is 0 Å². The third-order valence-corrected chi connectivity index (χ3v) is 4.36. The maximum atomic E-state index is 8.93. The van der Waals surface area contributed by atoms with E-state index in [0.29, 0.717) is 5.56 Å². The molecular weight excluding hydrogens is 278 g/mol. The number of pyridine rings is 1. The highest BCUT2D eigenvalue weighted by Crippen LogP contribution is 2.33. The Morgan fingerprint density at radius 3 is 2.62 bits per heavy atom. The van der Waals surface area contributed by atoms with E-state index in [1.165, 1.54) is 16.0 Å². The van der Waals surface area contributed by atoms with Gasteiger partial charge >= 0.3 is 0 Å². The van der Waals surface area contributed by atoms with Crippen molar-refractivity contribution in [3.63, 3.8) is 0 Å². The molecule has 3 nitrogen and oxygen atoms in total. The lowest BCUT2D eigenvalue weighted by Crippen LogP contribution is -2.10. The minimum absolute atomic E-state index is 0.609. The fourth-order valence-corrected chi connectivity index (χ4v) is 3.32. The summed E-state index contributed by atoms with van der Waals surface area (Å²) in [5, 5.41) is 8.93. The highest BCUT2D eigenvalue weighted by molar-refractivity contribution is 7.22. The molecule has 0 amide bonds. The zero-order valence-electron chi connectivity index (χ0n) is 12.0. The lowest BCUT2D eigenvalue weighted by molar-refractivity contribution is 0.402. The molecule has 1 aromatic carbocycles. The van der Waals surface area contributed by atoms with Gasteiger partial charge in [-0.25, -0.2) is 0 Å². The van der Waals surface area contributed by atoms with Crippen LogP contribution in [0.15, 0.2) is 42.6 Å². The first-order valence-electron chi connectivity index (χ1n) is 6.69. The molecule has 0 saturated carbocycles. The number of aromatic nitrogens is 1. The number of nitriles is 1. The van der Waals surface area contributed by atoms with Crippen LogP contribution >= 0.6 is 11.3 Å². The van der Waals surface area contributed by atoms with E-state index in [1.54, 1.807) is 17.5 Å². The summed E-state index contributed by atoms with van der Waals surface area (Å²) in [6, 6.07) is 14.7. The molecule has 2 heterocycles. The van der Waals surface area contributed by atoms with E-state index in [2.05, 4.69) is 60.4 Å². The Balaban J connectivity index is 1.94. The van der Waals surface area contributed by atoms with Gasteiger partial charge in [0.2, 0.25) is 0 Å². The number of fused-ring (bicyclic) bond motifs is 1. The van der Waals surface area contributed by atoms with Crippen LogP contribution in [0.3, 0.4) is 0 Å². The van der Waals surface area contributed by atoms with Crippen LogP contribution in [0.4, 0.5) is 0 Å². The molecule has 3 aromatic rings. The summed E-state index contributed by atoms with van der Waals surface area (Å²) in [5.74, 6) is 0. The Morgan fingerprint density at radius 2 is 1.95 bits per heavy atom. The minimum Gasteiger partial charge on any atom is -0.305 e. The monoisotopic (exact) mass is 293 g/mol. The number of thiophene rings is 1. The van der Waals surface area contributed by atoms with Crippen LogP contribution in [0, 0.1) is 11.3 Å². The first kappa shape index (κ1) is 13.7. The Hall–Kier alpha value is -2.22. The highest BCUT2D eigenvalue weighted by Gasteiger charge is 2.06. The summed E-state index contributed by atoms with van der Waals surface area (Å²) in [6.45, 7) is 0.944. The predicted octanol–water partition coefficient (Wildman–Crippen LogP) is 3.90. The van der Waals surface area contributed by atoms with Crippen LogP contribution in [-0.4, -0.2) is 24.0 Å². The average molecular weight is 293 g/mol. The van der Waals surface area contributed by atoms with E-state index in [0.717, 1.165) is 16.8 Å². The molecule has 3 rings (SSSR count). The van der Waals surface area contributed by atoms with E-state index >= 15 is 0 Å². The van der Waals surface area contributed by atoms with Gasteiger partial charge in [-0.2, -0.15) is 5.26 Å². The van der Waals surface area contributed by atoms with Crippen LogP contribution in [0.2, 0.25) is 0 Å². The summed E-state index contributed by atoms with van der Waals surface area (Å²) in [5.41, 5.74) is 4.05. The molecule has 0 radical (unpaired) electrons. The van der Waals surface area contributed by atoms with Crippen molar-refractivity contribution in [1.82, 2.24) is 9.88 Å². The van der Waals surface area contributed by atoms with Gasteiger partial charge in [0.1, 0.15) is 6.07 Å². The molecule has 0 aliphatic rings. The largest absolute Gasteiger partial charge is 0.305 e. The normalized spacial score (nSPS) is 11.0. The fourth-order valence-electron chi connectivity index (χ4n) is 2.26. The van der Waals surface area contributed by atoms with Crippen molar-refractivity contribution < 1.29 is 0 Å². The summed E-state index contributed by atoms with van der Waals surface area (Å²) < 4.78 is 1.06. The third-order valence-electron chi connectivity index (χ3n) is 3.24. The molecule has 0 aliphatic carbocycles. The van der Waals surface area contributed by atoms with Gasteiger partial charge in [-0.1, -0.05) is 24.3 Å². The van der Waals surface area contributed by atoms with Gasteiger partial charge in [-0.05, 0) is 37.4 Å². The Kier molecular flexibility index (Phi) is 3.70. The standard InChI is InChI=1S/C17H15N3S/c1-20(2)11-12-3-5-14(6-4-12)16-8-15-17(21-16)7-13(9-18)10-19-15/h3-8,10H,11H2,1-2H3. The van der Waals surface area contributed by atoms with Gasteiger partial charge in [0.25, 0.3) is 0 Å². The Bertz CT molecular complexity index is 810. The first-order chi connectivity index (χ1) is 10.2. The molecule has 0 aliphatic heterocycles. The van der Waals surface area contributed by atoms with Crippen molar-refractivity contribution in [3.05, 3.63) is 53.7 Å². The van der Waals surface area contributed by atoms with Gasteiger partial charge in [-0.3, -0.25) is 4.98 Å². The molecule has 0 bridgehead atoms. The summed E-state index contributed by atoms with van der Waals surface area (Å²) in [6.07, 6.45) is 1.62. The SMILES string of the molecule is CN(C)Cc1ccc(-c2cc3ncc(C#N)cc3s2)cc1. The van der Waals surface area contributed by atoms with Gasteiger partial charge in [0.15, 0.2) is 0 Å². The molecule has 4 heteroatoms. The molecule has 0 N–H and O–H groups in total. The highest BCUT2D eigenvalue weighted by atomic mass is 32.1. The molecule has 0 spiro atoms. The number of hydrogen-bond acceptors (Lipinski definition) is 4. The van der Waals surface area contributed by atoms with E-state index in [-0.39, 0.29) is 0 Å². The second-order valence-corrected chi connectivity index (χ2v) is 6.35. The van der Waals surface area contributed by atoms with E-state index in [9.17, 15) is 0 Å². The van der Waals surface area contributed by atoms with Gasteiger partial charge in [-0.15, -0.1) is 11.3 Å². The molecule has 0 unspecified atom stereocenters. The minimum atomic E-state index is 0.609. The fraction of sp³-hybridized carbons (Fsp3) is 0.176. The van der Waals surface area contributed by atoms with E-state index < -0.39 is 0 Å². The van der Waals surface area contributed by atoms with Crippen LogP contribution in [0.5, 0.6) is 0 Å². The molecule has 0 saturated heterocycles. The molecule has 2 aromatic heterocycles. The summed E-state index contributed by atoms with van der Waals surface area (Å²) in [7, 11) is 4.14. The molecule has 0 atom stereocenters. The van der Waals surface area contributed by atoms with Crippen molar-refractivity contribution in [1.29, 1.82) is 5.26 Å². The topological polar surface area (TPSA) is 39.9 Å². The zero-order valence-corrected chi connectivity index (χ0v) is 12.8. The smallest absolute Gasteiger partial charge is 0.101 e. The number of rotatable bonds is 3. The quantitative estimate of drug-likeness (QED) is 0.735. The van der Waals surface area contributed by atoms with Crippen molar-refractivity contribution in [2.24, 2.45) is 0 Å². The zero-order chi connectivity index (χ0) is 14.8. The lowest BCUT2D eigenvalue weighted by Gasteiger charge is -2.09. The maximum Gasteiger partial charge on any atom is 0.101 e. The Morgan fingerprint density at radius 1 is 1.19 bits per heavy atom. The van der Waals surface area contributed by atoms with Crippen molar-refractivity contribution in [2.45, 2.75) is 6.54 Å². The number of hydrogen-bond donors (Lipinski definition) is 0. The van der Waals surface area contributed by atoms with Crippen molar-refractivity contribution in [2.75, 3.05) is 14.1 Å². The third kappa shape index (κ3) is 2.94.